The van der Waals surface area contributed by atoms with Crippen molar-refractivity contribution in [2.45, 2.75) is 18.9 Å². The van der Waals surface area contributed by atoms with Crippen molar-refractivity contribution >= 4 is 0 Å². The number of rotatable bonds is 5. The molecule has 1 unspecified atom stereocenters. The molecule has 2 aromatic rings. The zero-order chi connectivity index (χ0) is 14.6. The molecule has 0 aliphatic heterocycles. The van der Waals surface area contributed by atoms with Crippen molar-refractivity contribution in [3.63, 3.8) is 0 Å². The topological polar surface area (TPSA) is 44.5 Å². The zero-order valence-corrected chi connectivity index (χ0v) is 12.2. The Labute approximate surface area is 120 Å². The Hall–Kier alpha value is -2.00. The number of benzene rings is 2. The van der Waals surface area contributed by atoms with Gasteiger partial charge in [-0.25, -0.2) is 0 Å². The fourth-order valence-corrected chi connectivity index (χ4v) is 2.28. The van der Waals surface area contributed by atoms with Crippen molar-refractivity contribution in [2.75, 3.05) is 14.2 Å². The molecule has 0 aliphatic rings. The molecular formula is C17H21NO2. The summed E-state index contributed by atoms with van der Waals surface area (Å²) in [7, 11) is 3.33. The quantitative estimate of drug-likeness (QED) is 0.908. The van der Waals surface area contributed by atoms with Gasteiger partial charge in [0.05, 0.1) is 14.2 Å². The van der Waals surface area contributed by atoms with Gasteiger partial charge in [-0.1, -0.05) is 24.3 Å². The smallest absolute Gasteiger partial charge is 0.119 e. The second-order valence-electron chi connectivity index (χ2n) is 5.17. The molecule has 106 valence electrons. The molecule has 0 aromatic heterocycles. The minimum absolute atomic E-state index is 0.432. The molecule has 0 heterocycles. The molecule has 0 aliphatic carbocycles. The van der Waals surface area contributed by atoms with Crippen LogP contribution < -0.4 is 15.2 Å². The molecule has 3 heteroatoms. The number of hydrogen-bond donors (Lipinski definition) is 1. The first-order valence-corrected chi connectivity index (χ1v) is 6.61. The Balaban J connectivity index is 2.20. The van der Waals surface area contributed by atoms with E-state index < -0.39 is 5.54 Å². The van der Waals surface area contributed by atoms with Crippen LogP contribution in [0.15, 0.2) is 48.5 Å². The van der Waals surface area contributed by atoms with Gasteiger partial charge < -0.3 is 15.2 Å². The zero-order valence-electron chi connectivity index (χ0n) is 12.2. The maximum atomic E-state index is 6.47. The highest BCUT2D eigenvalue weighted by molar-refractivity contribution is 5.35. The standard InChI is InChI=1S/C17H21NO2/c1-17(18,14-7-9-15(19-2)10-8-14)12-13-5-4-6-16(11-13)20-3/h4-11H,12,18H2,1-3H3. The molecule has 3 nitrogen and oxygen atoms in total. The average molecular weight is 271 g/mol. The molecule has 0 amide bonds. The molecule has 1 atom stereocenters. The largest absolute Gasteiger partial charge is 0.497 e. The van der Waals surface area contributed by atoms with Gasteiger partial charge in [0.15, 0.2) is 0 Å². The number of nitrogens with two attached hydrogens (primary N) is 1. The van der Waals surface area contributed by atoms with E-state index in [2.05, 4.69) is 6.07 Å². The van der Waals surface area contributed by atoms with E-state index in [1.165, 1.54) is 0 Å². The number of ether oxygens (including phenoxy) is 2. The normalized spacial score (nSPS) is 13.6. The van der Waals surface area contributed by atoms with Crippen LogP contribution in [0.25, 0.3) is 0 Å². The second kappa shape index (κ2) is 5.97. The Morgan fingerprint density at radius 3 is 2.20 bits per heavy atom. The molecule has 0 radical (unpaired) electrons. The van der Waals surface area contributed by atoms with Crippen molar-refractivity contribution in [1.29, 1.82) is 0 Å². The molecular weight excluding hydrogens is 250 g/mol. The molecule has 2 rings (SSSR count). The van der Waals surface area contributed by atoms with E-state index in [9.17, 15) is 0 Å². The fraction of sp³-hybridized carbons (Fsp3) is 0.294. The third-order valence-corrected chi connectivity index (χ3v) is 3.45. The van der Waals surface area contributed by atoms with Crippen LogP contribution in [-0.4, -0.2) is 14.2 Å². The van der Waals surface area contributed by atoms with E-state index in [1.54, 1.807) is 14.2 Å². The van der Waals surface area contributed by atoms with Crippen molar-refractivity contribution < 1.29 is 9.47 Å². The summed E-state index contributed by atoms with van der Waals surface area (Å²) in [5, 5.41) is 0. The predicted molar refractivity (Wildman–Crippen MR) is 81.2 cm³/mol. The maximum Gasteiger partial charge on any atom is 0.119 e. The van der Waals surface area contributed by atoms with Crippen molar-refractivity contribution in [2.24, 2.45) is 5.73 Å². The van der Waals surface area contributed by atoms with Crippen LogP contribution in [0.4, 0.5) is 0 Å². The van der Waals surface area contributed by atoms with Gasteiger partial charge in [0.2, 0.25) is 0 Å². The summed E-state index contributed by atoms with van der Waals surface area (Å²) in [5.74, 6) is 1.69. The summed E-state index contributed by atoms with van der Waals surface area (Å²) in [5.41, 5.74) is 8.28. The minimum Gasteiger partial charge on any atom is -0.497 e. The number of hydrogen-bond acceptors (Lipinski definition) is 3. The predicted octanol–water partition coefficient (Wildman–Crippen LogP) is 3.12. The highest BCUT2D eigenvalue weighted by Gasteiger charge is 2.21. The lowest BCUT2D eigenvalue weighted by Gasteiger charge is -2.26. The van der Waals surface area contributed by atoms with Gasteiger partial charge in [0.25, 0.3) is 0 Å². The Morgan fingerprint density at radius 1 is 0.950 bits per heavy atom. The first kappa shape index (κ1) is 14.4. The highest BCUT2D eigenvalue weighted by Crippen LogP contribution is 2.26. The average Bonchev–Trinajstić information content (AvgIpc) is 2.47. The van der Waals surface area contributed by atoms with Crippen LogP contribution in [0.5, 0.6) is 11.5 Å². The van der Waals surface area contributed by atoms with Gasteiger partial charge in [-0.05, 0) is 48.7 Å². The van der Waals surface area contributed by atoms with Gasteiger partial charge in [0.1, 0.15) is 11.5 Å². The Bertz CT molecular complexity index is 561. The van der Waals surface area contributed by atoms with Gasteiger partial charge in [-0.15, -0.1) is 0 Å². The second-order valence-corrected chi connectivity index (χ2v) is 5.17. The lowest BCUT2D eigenvalue weighted by Crippen LogP contribution is -2.35. The maximum absolute atomic E-state index is 6.47. The molecule has 0 spiro atoms. The molecule has 2 aromatic carbocycles. The third kappa shape index (κ3) is 3.31. The number of methoxy groups -OCH3 is 2. The SMILES string of the molecule is COc1ccc(C(C)(N)Cc2cccc(OC)c2)cc1. The summed E-state index contributed by atoms with van der Waals surface area (Å²) in [6.45, 7) is 2.04. The molecule has 0 saturated carbocycles. The van der Waals surface area contributed by atoms with E-state index in [1.807, 2.05) is 49.4 Å². The van der Waals surface area contributed by atoms with E-state index in [0.29, 0.717) is 0 Å². The fourth-order valence-electron chi connectivity index (χ4n) is 2.28. The van der Waals surface area contributed by atoms with Crippen molar-refractivity contribution in [3.8, 4) is 11.5 Å². The summed E-state index contributed by atoms with van der Waals surface area (Å²) < 4.78 is 10.4. The van der Waals surface area contributed by atoms with Gasteiger partial charge in [-0.3, -0.25) is 0 Å². The summed E-state index contributed by atoms with van der Waals surface area (Å²) >= 11 is 0. The lowest BCUT2D eigenvalue weighted by molar-refractivity contribution is 0.412. The summed E-state index contributed by atoms with van der Waals surface area (Å²) in [6.07, 6.45) is 0.747. The molecule has 20 heavy (non-hydrogen) atoms. The Kier molecular flexibility index (Phi) is 4.30. The van der Waals surface area contributed by atoms with Gasteiger partial charge in [0, 0.05) is 5.54 Å². The van der Waals surface area contributed by atoms with Gasteiger partial charge >= 0.3 is 0 Å². The molecule has 2 N–H and O–H groups in total. The van der Waals surface area contributed by atoms with Crippen LogP contribution >= 0.6 is 0 Å². The summed E-state index contributed by atoms with van der Waals surface area (Å²) in [4.78, 5) is 0. The van der Waals surface area contributed by atoms with Crippen LogP contribution in [0.1, 0.15) is 18.1 Å². The van der Waals surface area contributed by atoms with E-state index in [0.717, 1.165) is 29.0 Å². The summed E-state index contributed by atoms with van der Waals surface area (Å²) in [6, 6.07) is 15.9. The third-order valence-electron chi connectivity index (χ3n) is 3.45. The highest BCUT2D eigenvalue weighted by atomic mass is 16.5. The monoisotopic (exact) mass is 271 g/mol. The van der Waals surface area contributed by atoms with E-state index in [4.69, 9.17) is 15.2 Å². The first-order valence-electron chi connectivity index (χ1n) is 6.61. The van der Waals surface area contributed by atoms with Crippen LogP contribution in [0.2, 0.25) is 0 Å². The van der Waals surface area contributed by atoms with Gasteiger partial charge in [-0.2, -0.15) is 0 Å². The van der Waals surface area contributed by atoms with Crippen LogP contribution in [-0.2, 0) is 12.0 Å². The van der Waals surface area contributed by atoms with E-state index >= 15 is 0 Å². The van der Waals surface area contributed by atoms with Crippen molar-refractivity contribution in [1.82, 2.24) is 0 Å². The molecule has 0 saturated heterocycles. The van der Waals surface area contributed by atoms with E-state index in [-0.39, 0.29) is 0 Å². The van der Waals surface area contributed by atoms with Crippen LogP contribution in [0, 0.1) is 0 Å². The molecule has 0 bridgehead atoms. The Morgan fingerprint density at radius 2 is 1.60 bits per heavy atom. The lowest BCUT2D eigenvalue weighted by atomic mass is 9.86. The molecule has 0 fully saturated rings. The van der Waals surface area contributed by atoms with Crippen LogP contribution in [0.3, 0.4) is 0 Å². The first-order chi connectivity index (χ1) is 9.55. The minimum atomic E-state index is -0.432. The van der Waals surface area contributed by atoms with Crippen molar-refractivity contribution in [3.05, 3.63) is 59.7 Å².